The Balaban J connectivity index is 2.02. The third-order valence-corrected chi connectivity index (χ3v) is 4.31. The van der Waals surface area contributed by atoms with Crippen molar-refractivity contribution in [2.75, 3.05) is 19.7 Å². The van der Waals surface area contributed by atoms with Crippen molar-refractivity contribution in [1.29, 1.82) is 5.26 Å². The van der Waals surface area contributed by atoms with Crippen LogP contribution in [0.2, 0.25) is 0 Å². The normalized spacial score (nSPS) is 16.3. The first-order valence-corrected chi connectivity index (χ1v) is 8.21. The van der Waals surface area contributed by atoms with Gasteiger partial charge in [-0.15, -0.1) is 0 Å². The van der Waals surface area contributed by atoms with Crippen molar-refractivity contribution >= 4 is 5.97 Å². The quantitative estimate of drug-likeness (QED) is 0.782. The molecule has 0 bridgehead atoms. The highest BCUT2D eigenvalue weighted by Crippen LogP contribution is 2.25. The molecule has 0 radical (unpaired) electrons. The molecule has 0 amide bonds. The van der Waals surface area contributed by atoms with Gasteiger partial charge in [-0.25, -0.2) is 0 Å². The van der Waals surface area contributed by atoms with Gasteiger partial charge in [0.1, 0.15) is 0 Å². The smallest absolute Gasteiger partial charge is 0.320 e. The average Bonchev–Trinajstić information content (AvgIpc) is 3.09. The first kappa shape index (κ1) is 17.5. The molecule has 23 heavy (non-hydrogen) atoms. The highest BCUT2D eigenvalue weighted by atomic mass is 16.5. The molecule has 0 aromatic heterocycles. The Morgan fingerprint density at radius 1 is 1.39 bits per heavy atom. The summed E-state index contributed by atoms with van der Waals surface area (Å²) in [6.45, 7) is 2.78. The third kappa shape index (κ3) is 5.05. The molecule has 1 aromatic carbocycles. The van der Waals surface area contributed by atoms with Crippen molar-refractivity contribution in [1.82, 2.24) is 4.90 Å². The van der Waals surface area contributed by atoms with Crippen LogP contribution in [0.15, 0.2) is 24.3 Å². The fourth-order valence-electron chi connectivity index (χ4n) is 3.09. The summed E-state index contributed by atoms with van der Waals surface area (Å²) < 4.78 is 5.05. The molecule has 1 fully saturated rings. The van der Waals surface area contributed by atoms with Gasteiger partial charge < -0.3 is 9.84 Å². The summed E-state index contributed by atoms with van der Waals surface area (Å²) in [7, 11) is 0. The van der Waals surface area contributed by atoms with Crippen LogP contribution in [0.25, 0.3) is 0 Å². The van der Waals surface area contributed by atoms with Gasteiger partial charge >= 0.3 is 5.97 Å². The van der Waals surface area contributed by atoms with Crippen LogP contribution < -0.4 is 0 Å². The Morgan fingerprint density at radius 2 is 2.04 bits per heavy atom. The van der Waals surface area contributed by atoms with Gasteiger partial charge in [-0.05, 0) is 37.5 Å². The number of rotatable bonds is 7. The molecule has 1 unspecified atom stereocenters. The van der Waals surface area contributed by atoms with E-state index in [-0.39, 0.29) is 12.5 Å². The lowest BCUT2D eigenvalue weighted by atomic mass is 10.1. The Bertz CT molecular complexity index is 544. The fraction of sp³-hybridized carbons (Fsp3) is 0.556. The number of aliphatic hydroxyl groups is 1. The number of ether oxygens (including phenoxy) is 1. The molecule has 1 aromatic rings. The maximum atomic E-state index is 11.8. The molecule has 0 heterocycles. The minimum atomic E-state index is -0.683. The van der Waals surface area contributed by atoms with Crippen molar-refractivity contribution in [3.63, 3.8) is 0 Å². The predicted octanol–water partition coefficient (Wildman–Crippen LogP) is 2.40. The van der Waals surface area contributed by atoms with Gasteiger partial charge in [0.05, 0.1) is 30.9 Å². The van der Waals surface area contributed by atoms with Crippen molar-refractivity contribution in [2.24, 2.45) is 0 Å². The van der Waals surface area contributed by atoms with E-state index in [2.05, 4.69) is 6.07 Å². The van der Waals surface area contributed by atoms with Gasteiger partial charge in [0.2, 0.25) is 0 Å². The number of carbonyl (C=O) groups excluding carboxylic acids is 1. The summed E-state index contributed by atoms with van der Waals surface area (Å²) in [6.07, 6.45) is 3.75. The van der Waals surface area contributed by atoms with Crippen molar-refractivity contribution in [2.45, 2.75) is 44.8 Å². The van der Waals surface area contributed by atoms with Gasteiger partial charge in [0.15, 0.2) is 0 Å². The number of aliphatic hydroxyl groups excluding tert-OH is 1. The molecule has 124 valence electrons. The molecule has 1 aliphatic carbocycles. The standard InChI is InChI=1S/C18H24N2O3/c1-2-23-18(22)13-20(16-5-3-4-6-16)12-17(21)15-9-7-14(11-19)8-10-15/h7-10,16-17,21H,2-6,12-13H2,1H3. The largest absolute Gasteiger partial charge is 0.465 e. The van der Waals surface area contributed by atoms with Crippen molar-refractivity contribution in [3.8, 4) is 6.07 Å². The lowest BCUT2D eigenvalue weighted by Gasteiger charge is -2.30. The average molecular weight is 316 g/mol. The lowest BCUT2D eigenvalue weighted by molar-refractivity contribution is -0.145. The second kappa shape index (κ2) is 8.66. The van der Waals surface area contributed by atoms with Crippen LogP contribution in [0.4, 0.5) is 0 Å². The summed E-state index contributed by atoms with van der Waals surface area (Å²) >= 11 is 0. The summed E-state index contributed by atoms with van der Waals surface area (Å²) in [5.41, 5.74) is 1.33. The molecule has 5 nitrogen and oxygen atoms in total. The molecule has 2 rings (SSSR count). The first-order valence-electron chi connectivity index (χ1n) is 8.21. The van der Waals surface area contributed by atoms with E-state index in [0.29, 0.717) is 24.8 Å². The Hall–Kier alpha value is -1.90. The van der Waals surface area contributed by atoms with E-state index >= 15 is 0 Å². The van der Waals surface area contributed by atoms with E-state index in [9.17, 15) is 9.90 Å². The molecule has 1 atom stereocenters. The number of hydrogen-bond acceptors (Lipinski definition) is 5. The second-order valence-electron chi connectivity index (χ2n) is 5.92. The van der Waals surface area contributed by atoms with Crippen LogP contribution in [0.1, 0.15) is 49.8 Å². The highest BCUT2D eigenvalue weighted by molar-refractivity contribution is 5.71. The van der Waals surface area contributed by atoms with E-state index in [1.165, 1.54) is 0 Å². The van der Waals surface area contributed by atoms with Crippen molar-refractivity contribution < 1.29 is 14.6 Å². The number of carbonyl (C=O) groups is 1. The topological polar surface area (TPSA) is 73.6 Å². The molecule has 5 heteroatoms. The number of nitriles is 1. The van der Waals surface area contributed by atoms with Gasteiger partial charge in [-0.3, -0.25) is 9.69 Å². The fourth-order valence-corrected chi connectivity index (χ4v) is 3.09. The van der Waals surface area contributed by atoms with Gasteiger partial charge in [0, 0.05) is 12.6 Å². The van der Waals surface area contributed by atoms with Gasteiger partial charge in [-0.2, -0.15) is 5.26 Å². The number of esters is 1. The number of benzene rings is 1. The molecule has 1 aliphatic rings. The Morgan fingerprint density at radius 3 is 2.61 bits per heavy atom. The monoisotopic (exact) mass is 316 g/mol. The highest BCUT2D eigenvalue weighted by Gasteiger charge is 2.27. The van der Waals surface area contributed by atoms with E-state index < -0.39 is 6.10 Å². The molecular formula is C18H24N2O3. The second-order valence-corrected chi connectivity index (χ2v) is 5.92. The van der Waals surface area contributed by atoms with Crippen LogP contribution in [-0.2, 0) is 9.53 Å². The summed E-state index contributed by atoms with van der Waals surface area (Å²) in [5.74, 6) is -0.244. The third-order valence-electron chi connectivity index (χ3n) is 4.31. The SMILES string of the molecule is CCOC(=O)CN(CC(O)c1ccc(C#N)cc1)C1CCCC1. The van der Waals surface area contributed by atoms with E-state index in [4.69, 9.17) is 10.00 Å². The van der Waals surface area contributed by atoms with Crippen LogP contribution in [0, 0.1) is 11.3 Å². The first-order chi connectivity index (χ1) is 11.1. The van der Waals surface area contributed by atoms with Crippen LogP contribution >= 0.6 is 0 Å². The van der Waals surface area contributed by atoms with Crippen LogP contribution in [0.5, 0.6) is 0 Å². The lowest BCUT2D eigenvalue weighted by Crippen LogP contribution is -2.40. The molecule has 1 saturated carbocycles. The zero-order valence-electron chi connectivity index (χ0n) is 13.6. The molecule has 0 spiro atoms. The minimum Gasteiger partial charge on any atom is -0.465 e. The molecular weight excluding hydrogens is 292 g/mol. The summed E-state index contributed by atoms with van der Waals surface area (Å²) in [5, 5.41) is 19.3. The zero-order chi connectivity index (χ0) is 16.7. The summed E-state index contributed by atoms with van der Waals surface area (Å²) in [6, 6.07) is 9.32. The summed E-state index contributed by atoms with van der Waals surface area (Å²) in [4.78, 5) is 13.9. The molecule has 0 saturated heterocycles. The number of nitrogens with zero attached hydrogens (tertiary/aromatic N) is 2. The van der Waals surface area contributed by atoms with Gasteiger partial charge in [0.25, 0.3) is 0 Å². The minimum absolute atomic E-state index is 0.214. The van der Waals surface area contributed by atoms with Crippen LogP contribution in [-0.4, -0.2) is 41.7 Å². The van der Waals surface area contributed by atoms with E-state index in [1.807, 2.05) is 4.90 Å². The van der Waals surface area contributed by atoms with Crippen molar-refractivity contribution in [3.05, 3.63) is 35.4 Å². The maximum absolute atomic E-state index is 11.8. The van der Waals surface area contributed by atoms with Gasteiger partial charge in [-0.1, -0.05) is 25.0 Å². The van der Waals surface area contributed by atoms with Crippen LogP contribution in [0.3, 0.4) is 0 Å². The van der Waals surface area contributed by atoms with E-state index in [1.54, 1.807) is 31.2 Å². The predicted molar refractivity (Wildman–Crippen MR) is 86.6 cm³/mol. The zero-order valence-corrected chi connectivity index (χ0v) is 13.6. The number of hydrogen-bond donors (Lipinski definition) is 1. The van der Waals surface area contributed by atoms with E-state index in [0.717, 1.165) is 31.2 Å². The maximum Gasteiger partial charge on any atom is 0.320 e. The Labute approximate surface area is 137 Å². The molecule has 1 N–H and O–H groups in total. The molecule has 0 aliphatic heterocycles. The Kier molecular flexibility index (Phi) is 6.57.